The van der Waals surface area contributed by atoms with E-state index in [0.29, 0.717) is 6.54 Å². The Morgan fingerprint density at radius 1 is 1.19 bits per heavy atom. The number of para-hydroxylation sites is 1. The number of nitrogens with one attached hydrogen (secondary N) is 2. The molecule has 3 nitrogen and oxygen atoms in total. The molecule has 0 unspecified atom stereocenters. The molecular weight excluding hydrogens is 307 g/mol. The van der Waals surface area contributed by atoms with E-state index in [9.17, 15) is 5.11 Å². The van der Waals surface area contributed by atoms with E-state index in [4.69, 9.17) is 23.2 Å². The zero-order valence-electron chi connectivity index (χ0n) is 11.4. The summed E-state index contributed by atoms with van der Waals surface area (Å²) in [5, 5.41) is 16.8. The summed E-state index contributed by atoms with van der Waals surface area (Å²) in [6.07, 6.45) is 2.29. The second-order valence-corrected chi connectivity index (χ2v) is 5.94. The average Bonchev–Trinajstić information content (AvgIpc) is 2.50. The molecule has 1 heterocycles. The lowest BCUT2D eigenvalue weighted by atomic mass is 9.99. The number of fused-ring (bicyclic) bond motifs is 1. The van der Waals surface area contributed by atoms with Crippen LogP contribution in [0, 0.1) is 0 Å². The third kappa shape index (κ3) is 3.04. The Balaban J connectivity index is 1.79. The number of phenolic OH excluding ortho intramolecular Hbond substituents is 1. The molecule has 0 fully saturated rings. The quantitative estimate of drug-likeness (QED) is 0.719. The van der Waals surface area contributed by atoms with Crippen molar-refractivity contribution in [3.63, 3.8) is 0 Å². The van der Waals surface area contributed by atoms with E-state index < -0.39 is 0 Å². The molecular formula is C16H16Cl2N2O. The van der Waals surface area contributed by atoms with Crippen molar-refractivity contribution in [1.29, 1.82) is 0 Å². The van der Waals surface area contributed by atoms with Crippen LogP contribution in [0.1, 0.15) is 17.5 Å². The second kappa shape index (κ2) is 6.04. The van der Waals surface area contributed by atoms with E-state index in [1.54, 1.807) is 12.1 Å². The Morgan fingerprint density at radius 3 is 2.71 bits per heavy atom. The fourth-order valence-electron chi connectivity index (χ4n) is 2.59. The molecule has 2 aromatic rings. The number of hydrogen-bond donors (Lipinski definition) is 3. The van der Waals surface area contributed by atoms with Crippen LogP contribution in [0.5, 0.6) is 5.75 Å². The van der Waals surface area contributed by atoms with Gasteiger partial charge in [0, 0.05) is 24.5 Å². The predicted molar refractivity (Wildman–Crippen MR) is 88.7 cm³/mol. The highest BCUT2D eigenvalue weighted by atomic mass is 35.5. The molecule has 0 aliphatic carbocycles. The van der Waals surface area contributed by atoms with Gasteiger partial charge in [0.05, 0.1) is 10.0 Å². The van der Waals surface area contributed by atoms with Crippen LogP contribution in [-0.4, -0.2) is 11.7 Å². The van der Waals surface area contributed by atoms with Gasteiger partial charge in [-0.1, -0.05) is 41.4 Å². The Hall–Kier alpha value is -1.58. The molecule has 1 aliphatic rings. The maximum atomic E-state index is 9.57. The maximum Gasteiger partial charge on any atom is 0.152 e. The standard InChI is InChI=1S/C16H16Cl2N2O/c17-13-7-12(8-14(18)16(13)21)20-9-11-4-1-3-10-5-2-6-19-15(10)11/h1,3-4,7-8,19-21H,2,5-6,9H2. The zero-order valence-corrected chi connectivity index (χ0v) is 12.9. The summed E-state index contributed by atoms with van der Waals surface area (Å²) in [5.74, 6) is -0.0809. The first-order chi connectivity index (χ1) is 10.1. The van der Waals surface area contributed by atoms with Gasteiger partial charge in [-0.05, 0) is 36.1 Å². The van der Waals surface area contributed by atoms with E-state index in [-0.39, 0.29) is 15.8 Å². The van der Waals surface area contributed by atoms with Gasteiger partial charge in [-0.2, -0.15) is 0 Å². The van der Waals surface area contributed by atoms with Gasteiger partial charge < -0.3 is 15.7 Å². The molecule has 5 heteroatoms. The lowest BCUT2D eigenvalue weighted by molar-refractivity contribution is 0.476. The number of halogens is 2. The Bertz CT molecular complexity index is 650. The molecule has 3 rings (SSSR count). The van der Waals surface area contributed by atoms with Crippen molar-refractivity contribution in [2.24, 2.45) is 0 Å². The van der Waals surface area contributed by atoms with Crippen molar-refractivity contribution >= 4 is 34.6 Å². The van der Waals surface area contributed by atoms with E-state index in [2.05, 4.69) is 28.8 Å². The van der Waals surface area contributed by atoms with Crippen molar-refractivity contribution in [3.8, 4) is 5.75 Å². The Morgan fingerprint density at radius 2 is 1.95 bits per heavy atom. The molecule has 0 spiro atoms. The Kier molecular flexibility index (Phi) is 4.13. The average molecular weight is 323 g/mol. The normalized spacial score (nSPS) is 13.4. The van der Waals surface area contributed by atoms with Crippen LogP contribution in [-0.2, 0) is 13.0 Å². The summed E-state index contributed by atoms with van der Waals surface area (Å²) < 4.78 is 0. The van der Waals surface area contributed by atoms with Crippen molar-refractivity contribution < 1.29 is 5.11 Å². The second-order valence-electron chi connectivity index (χ2n) is 5.12. The summed E-state index contributed by atoms with van der Waals surface area (Å²) >= 11 is 11.9. The van der Waals surface area contributed by atoms with E-state index in [1.165, 1.54) is 23.2 Å². The molecule has 0 saturated heterocycles. The predicted octanol–water partition coefficient (Wildman–Crippen LogP) is 4.67. The molecule has 0 saturated carbocycles. The van der Waals surface area contributed by atoms with Gasteiger partial charge in [0.15, 0.2) is 5.75 Å². The van der Waals surface area contributed by atoms with Gasteiger partial charge in [0.1, 0.15) is 0 Å². The van der Waals surface area contributed by atoms with Crippen LogP contribution in [0.4, 0.5) is 11.4 Å². The van der Waals surface area contributed by atoms with Gasteiger partial charge in [-0.3, -0.25) is 0 Å². The van der Waals surface area contributed by atoms with E-state index in [0.717, 1.165) is 18.7 Å². The minimum absolute atomic E-state index is 0.0809. The topological polar surface area (TPSA) is 44.3 Å². The summed E-state index contributed by atoms with van der Waals surface area (Å²) in [5.41, 5.74) is 4.60. The van der Waals surface area contributed by atoms with Crippen molar-refractivity contribution in [3.05, 3.63) is 51.5 Å². The minimum atomic E-state index is -0.0809. The van der Waals surface area contributed by atoms with Gasteiger partial charge in [0.25, 0.3) is 0 Å². The number of hydrogen-bond acceptors (Lipinski definition) is 3. The first kappa shape index (κ1) is 14.4. The SMILES string of the molecule is Oc1c(Cl)cc(NCc2cccc3c2NCCC3)cc1Cl. The van der Waals surface area contributed by atoms with Crippen molar-refractivity contribution in [1.82, 2.24) is 0 Å². The van der Waals surface area contributed by atoms with Crippen LogP contribution in [0.2, 0.25) is 10.0 Å². The summed E-state index contributed by atoms with van der Waals surface area (Å²) in [6.45, 7) is 1.69. The van der Waals surface area contributed by atoms with Crippen LogP contribution >= 0.6 is 23.2 Å². The van der Waals surface area contributed by atoms with Gasteiger partial charge in [-0.25, -0.2) is 0 Å². The third-order valence-electron chi connectivity index (χ3n) is 3.66. The number of benzene rings is 2. The number of anilines is 2. The molecule has 1 aliphatic heterocycles. The molecule has 0 aromatic heterocycles. The fourth-order valence-corrected chi connectivity index (χ4v) is 3.08. The zero-order chi connectivity index (χ0) is 14.8. The van der Waals surface area contributed by atoms with Crippen LogP contribution in [0.3, 0.4) is 0 Å². The van der Waals surface area contributed by atoms with Crippen molar-refractivity contribution in [2.45, 2.75) is 19.4 Å². The van der Waals surface area contributed by atoms with Gasteiger partial charge in [0.2, 0.25) is 0 Å². The first-order valence-corrected chi connectivity index (χ1v) is 7.67. The molecule has 0 amide bonds. The third-order valence-corrected chi connectivity index (χ3v) is 4.24. The first-order valence-electron chi connectivity index (χ1n) is 6.91. The van der Waals surface area contributed by atoms with Gasteiger partial charge in [-0.15, -0.1) is 0 Å². The summed E-state index contributed by atoms with van der Waals surface area (Å²) in [6, 6.07) is 9.70. The molecule has 110 valence electrons. The maximum absolute atomic E-state index is 9.57. The lowest BCUT2D eigenvalue weighted by Crippen LogP contribution is -2.15. The monoisotopic (exact) mass is 322 g/mol. The summed E-state index contributed by atoms with van der Waals surface area (Å²) in [7, 11) is 0. The largest absolute Gasteiger partial charge is 0.505 e. The van der Waals surface area contributed by atoms with Crippen LogP contribution < -0.4 is 10.6 Å². The van der Waals surface area contributed by atoms with E-state index in [1.807, 2.05) is 0 Å². The molecule has 0 bridgehead atoms. The molecule has 21 heavy (non-hydrogen) atoms. The highest BCUT2D eigenvalue weighted by molar-refractivity contribution is 6.37. The van der Waals surface area contributed by atoms with E-state index >= 15 is 0 Å². The molecule has 2 aromatic carbocycles. The molecule has 0 radical (unpaired) electrons. The highest BCUT2D eigenvalue weighted by Crippen LogP contribution is 2.35. The summed E-state index contributed by atoms with van der Waals surface area (Å²) in [4.78, 5) is 0. The number of rotatable bonds is 3. The van der Waals surface area contributed by atoms with Crippen molar-refractivity contribution in [2.75, 3.05) is 17.2 Å². The van der Waals surface area contributed by atoms with Crippen LogP contribution in [0.15, 0.2) is 30.3 Å². The highest BCUT2D eigenvalue weighted by Gasteiger charge is 2.12. The molecule has 3 N–H and O–H groups in total. The Labute approximate surface area is 133 Å². The number of aromatic hydroxyl groups is 1. The lowest BCUT2D eigenvalue weighted by Gasteiger charge is -2.21. The van der Waals surface area contributed by atoms with Gasteiger partial charge >= 0.3 is 0 Å². The minimum Gasteiger partial charge on any atom is -0.505 e. The van der Waals surface area contributed by atoms with Crippen LogP contribution in [0.25, 0.3) is 0 Å². The smallest absolute Gasteiger partial charge is 0.152 e. The number of phenols is 1. The number of aryl methyl sites for hydroxylation is 1. The molecule has 0 atom stereocenters. The fraction of sp³-hybridized carbons (Fsp3) is 0.250.